The highest BCUT2D eigenvalue weighted by Crippen LogP contribution is 2.19. The Bertz CT molecular complexity index is 403. The predicted octanol–water partition coefficient (Wildman–Crippen LogP) is 1.28. The number of pyridine rings is 1. The summed E-state index contributed by atoms with van der Waals surface area (Å²) in [5.41, 5.74) is 0.887. The molecule has 1 saturated heterocycles. The predicted molar refractivity (Wildman–Crippen MR) is 63.7 cm³/mol. The number of hydrogen-bond donors (Lipinski definition) is 0. The van der Waals surface area contributed by atoms with E-state index in [2.05, 4.69) is 10.1 Å². The first-order valence-corrected chi connectivity index (χ1v) is 5.60. The number of nitrogens with zero attached hydrogens (tertiary/aromatic N) is 3. The van der Waals surface area contributed by atoms with E-state index < -0.39 is 0 Å². The van der Waals surface area contributed by atoms with E-state index in [4.69, 9.17) is 12.2 Å². The average Bonchev–Trinajstić information content (AvgIpc) is 2.58. The molecule has 0 aromatic carbocycles. The zero-order valence-electron chi connectivity index (χ0n) is 7.66. The molecule has 4 nitrogen and oxygen atoms in total. The first-order chi connectivity index (χ1) is 7.27. The van der Waals surface area contributed by atoms with Crippen LogP contribution in [0.3, 0.4) is 0 Å². The molecule has 0 N–H and O–H groups in total. The molecule has 1 aliphatic heterocycles. The number of carbonyl (C=O) groups is 1. The fourth-order valence-corrected chi connectivity index (χ4v) is 2.00. The first kappa shape index (κ1) is 10.3. The number of hydrogen-bond acceptors (Lipinski definition) is 5. The number of thiocarbonyl (C=S) groups is 1. The number of thioether (sulfide) groups is 1. The van der Waals surface area contributed by atoms with Gasteiger partial charge in [0, 0.05) is 12.4 Å². The van der Waals surface area contributed by atoms with E-state index in [-0.39, 0.29) is 5.91 Å². The van der Waals surface area contributed by atoms with Gasteiger partial charge < -0.3 is 0 Å². The van der Waals surface area contributed by atoms with Crippen molar-refractivity contribution in [3.05, 3.63) is 30.1 Å². The number of rotatable bonds is 2. The maximum atomic E-state index is 11.3. The fraction of sp³-hybridized carbons (Fsp3) is 0.111. The van der Waals surface area contributed by atoms with Gasteiger partial charge >= 0.3 is 0 Å². The SMILES string of the molecule is O=C1CSC(=S)N1/N=C/c1ccncc1. The molecule has 6 heteroatoms. The van der Waals surface area contributed by atoms with Gasteiger partial charge in [0.2, 0.25) is 0 Å². The molecule has 0 aliphatic carbocycles. The van der Waals surface area contributed by atoms with Crippen LogP contribution >= 0.6 is 24.0 Å². The number of aromatic nitrogens is 1. The molecule has 0 saturated carbocycles. The topological polar surface area (TPSA) is 45.6 Å². The Hall–Kier alpha value is -1.27. The maximum absolute atomic E-state index is 11.3. The molecule has 0 radical (unpaired) electrons. The first-order valence-electron chi connectivity index (χ1n) is 4.21. The second-order valence-electron chi connectivity index (χ2n) is 2.79. The maximum Gasteiger partial charge on any atom is 0.259 e. The lowest BCUT2D eigenvalue weighted by molar-refractivity contribution is -0.123. The molecule has 0 spiro atoms. The molecule has 1 aromatic rings. The lowest BCUT2D eigenvalue weighted by Crippen LogP contribution is -2.22. The molecule has 2 rings (SSSR count). The summed E-state index contributed by atoms with van der Waals surface area (Å²) in [6.45, 7) is 0. The Labute approximate surface area is 96.4 Å². The van der Waals surface area contributed by atoms with Gasteiger partial charge in [-0.1, -0.05) is 24.0 Å². The van der Waals surface area contributed by atoms with Crippen molar-refractivity contribution in [3.8, 4) is 0 Å². The van der Waals surface area contributed by atoms with Crippen molar-refractivity contribution in [1.82, 2.24) is 9.99 Å². The van der Waals surface area contributed by atoms with E-state index >= 15 is 0 Å². The summed E-state index contributed by atoms with van der Waals surface area (Å²) in [7, 11) is 0. The summed E-state index contributed by atoms with van der Waals surface area (Å²) < 4.78 is 0.505. The zero-order valence-corrected chi connectivity index (χ0v) is 9.29. The minimum atomic E-state index is -0.0738. The van der Waals surface area contributed by atoms with Crippen LogP contribution in [-0.4, -0.2) is 32.2 Å². The molecule has 1 aromatic heterocycles. The summed E-state index contributed by atoms with van der Waals surface area (Å²) in [6, 6.07) is 3.61. The van der Waals surface area contributed by atoms with Crippen LogP contribution in [0.1, 0.15) is 5.56 Å². The fourth-order valence-electron chi connectivity index (χ4n) is 1.03. The van der Waals surface area contributed by atoms with E-state index in [0.717, 1.165) is 5.56 Å². The van der Waals surface area contributed by atoms with E-state index in [0.29, 0.717) is 10.1 Å². The van der Waals surface area contributed by atoms with Crippen molar-refractivity contribution < 1.29 is 4.79 Å². The van der Waals surface area contributed by atoms with E-state index in [1.165, 1.54) is 16.8 Å². The van der Waals surface area contributed by atoms with Crippen LogP contribution in [0.25, 0.3) is 0 Å². The van der Waals surface area contributed by atoms with Crippen LogP contribution in [0.2, 0.25) is 0 Å². The average molecular weight is 237 g/mol. The Morgan fingerprint density at radius 3 is 2.87 bits per heavy atom. The molecule has 2 heterocycles. The van der Waals surface area contributed by atoms with Crippen molar-refractivity contribution in [2.45, 2.75) is 0 Å². The molecule has 15 heavy (non-hydrogen) atoms. The van der Waals surface area contributed by atoms with Crippen molar-refractivity contribution >= 4 is 40.4 Å². The van der Waals surface area contributed by atoms with Crippen molar-refractivity contribution in [2.24, 2.45) is 5.10 Å². The minimum Gasteiger partial charge on any atom is -0.272 e. The molecule has 1 aliphatic rings. The summed E-state index contributed by atoms with van der Waals surface area (Å²) in [4.78, 5) is 15.2. The lowest BCUT2D eigenvalue weighted by Gasteiger charge is -2.05. The number of amides is 1. The highest BCUT2D eigenvalue weighted by Gasteiger charge is 2.25. The molecule has 1 fully saturated rings. The van der Waals surface area contributed by atoms with Gasteiger partial charge in [0.25, 0.3) is 5.91 Å². The van der Waals surface area contributed by atoms with Gasteiger partial charge in [-0.05, 0) is 17.7 Å². The van der Waals surface area contributed by atoms with E-state index in [1.54, 1.807) is 30.7 Å². The van der Waals surface area contributed by atoms with Crippen molar-refractivity contribution in [1.29, 1.82) is 0 Å². The third-order valence-corrected chi connectivity index (χ3v) is 3.09. The van der Waals surface area contributed by atoms with Crippen LogP contribution < -0.4 is 0 Å². The zero-order chi connectivity index (χ0) is 10.7. The monoisotopic (exact) mass is 237 g/mol. The molecular formula is C9H7N3OS2. The van der Waals surface area contributed by atoms with Crippen molar-refractivity contribution in [3.63, 3.8) is 0 Å². The Morgan fingerprint density at radius 2 is 2.27 bits per heavy atom. The van der Waals surface area contributed by atoms with E-state index in [9.17, 15) is 4.79 Å². The third-order valence-electron chi connectivity index (χ3n) is 1.76. The summed E-state index contributed by atoms with van der Waals surface area (Å²) in [5.74, 6) is 0.308. The smallest absolute Gasteiger partial charge is 0.259 e. The van der Waals surface area contributed by atoms with Gasteiger partial charge in [0.1, 0.15) is 0 Å². The van der Waals surface area contributed by atoms with Gasteiger partial charge in [-0.15, -0.1) is 0 Å². The van der Waals surface area contributed by atoms with Crippen LogP contribution in [0.15, 0.2) is 29.6 Å². The highest BCUT2D eigenvalue weighted by atomic mass is 32.2. The van der Waals surface area contributed by atoms with Crippen LogP contribution in [0.4, 0.5) is 0 Å². The van der Waals surface area contributed by atoms with Gasteiger partial charge in [-0.2, -0.15) is 10.1 Å². The highest BCUT2D eigenvalue weighted by molar-refractivity contribution is 8.23. The van der Waals surface area contributed by atoms with Crippen LogP contribution in [0, 0.1) is 0 Å². The summed E-state index contributed by atoms with van der Waals surface area (Å²) >= 11 is 6.31. The molecule has 0 unspecified atom stereocenters. The van der Waals surface area contributed by atoms with Crippen molar-refractivity contribution in [2.75, 3.05) is 5.75 Å². The molecular weight excluding hydrogens is 230 g/mol. The summed E-state index contributed by atoms with van der Waals surface area (Å²) in [6.07, 6.45) is 4.93. The van der Waals surface area contributed by atoms with Crippen LogP contribution in [-0.2, 0) is 4.79 Å². The Morgan fingerprint density at radius 1 is 1.53 bits per heavy atom. The normalized spacial score (nSPS) is 16.7. The van der Waals surface area contributed by atoms with Gasteiger partial charge in [-0.25, -0.2) is 0 Å². The molecule has 0 atom stereocenters. The Kier molecular flexibility index (Phi) is 3.08. The van der Waals surface area contributed by atoms with E-state index in [1.807, 2.05) is 0 Å². The quantitative estimate of drug-likeness (QED) is 0.574. The minimum absolute atomic E-state index is 0.0738. The Balaban J connectivity index is 2.12. The second-order valence-corrected chi connectivity index (χ2v) is 4.39. The second kappa shape index (κ2) is 4.50. The lowest BCUT2D eigenvalue weighted by atomic mass is 10.3. The van der Waals surface area contributed by atoms with Gasteiger partial charge in [0.15, 0.2) is 4.32 Å². The summed E-state index contributed by atoms with van der Waals surface area (Å²) in [5, 5.41) is 5.27. The van der Waals surface area contributed by atoms with Gasteiger partial charge in [-0.3, -0.25) is 9.78 Å². The number of carbonyl (C=O) groups excluding carboxylic acids is 1. The molecule has 0 bridgehead atoms. The van der Waals surface area contributed by atoms with Crippen LogP contribution in [0.5, 0.6) is 0 Å². The molecule has 1 amide bonds. The largest absolute Gasteiger partial charge is 0.272 e. The number of hydrazone groups is 1. The third kappa shape index (κ3) is 2.40. The van der Waals surface area contributed by atoms with Gasteiger partial charge in [0.05, 0.1) is 12.0 Å². The standard InChI is InChI=1S/C9H7N3OS2/c13-8-6-15-9(14)12(8)11-5-7-1-3-10-4-2-7/h1-5H,6H2/b11-5+. The molecule has 76 valence electrons.